The Morgan fingerprint density at radius 3 is 1.81 bits per heavy atom. The van der Waals surface area contributed by atoms with Gasteiger partial charge in [0, 0.05) is 5.41 Å². The van der Waals surface area contributed by atoms with E-state index in [0.717, 1.165) is 43.4 Å². The molecule has 6 saturated carbocycles. The van der Waals surface area contributed by atoms with E-state index in [1.807, 2.05) is 0 Å². The first-order valence-electron chi connectivity index (χ1n) is 11.6. The van der Waals surface area contributed by atoms with E-state index in [1.54, 1.807) is 0 Å². The topological polar surface area (TPSA) is 107 Å². The summed E-state index contributed by atoms with van der Waals surface area (Å²) in [6.07, 6.45) is 9.18. The lowest BCUT2D eigenvalue weighted by Gasteiger charge is -2.56. The summed E-state index contributed by atoms with van der Waals surface area (Å²) in [7, 11) is -5.69. The Balaban J connectivity index is 1.23. The number of hydrogen-bond donors (Lipinski definition) is 1. The molecule has 7 nitrogen and oxygen atoms in total. The molecule has 0 aromatic carbocycles. The van der Waals surface area contributed by atoms with Crippen LogP contribution >= 0.6 is 0 Å². The molecule has 0 aromatic heterocycles. The van der Waals surface area contributed by atoms with Gasteiger partial charge >= 0.3 is 27.3 Å². The summed E-state index contributed by atoms with van der Waals surface area (Å²) in [5, 5.41) is -4.59. The number of alkyl halides is 2. The standard InChI is InChI=1S/C22H30F2O7S/c23-22(24,32(27,28)29)11-31-20(26)18-16-2-1-15(6-16)17(18)19(25)30-10-21-7-12-3-13(8-21)5-14(4-12)9-21/h12-18H,1-11H2,(H,27,28,29). The van der Waals surface area contributed by atoms with Crippen LogP contribution in [0.3, 0.4) is 0 Å². The van der Waals surface area contributed by atoms with Gasteiger partial charge in [-0.05, 0) is 87.4 Å². The van der Waals surface area contributed by atoms with Crippen molar-refractivity contribution in [2.45, 2.75) is 63.0 Å². The quantitative estimate of drug-likeness (QED) is 0.443. The Bertz CT molecular complexity index is 867. The molecule has 0 spiro atoms. The van der Waals surface area contributed by atoms with Crippen molar-refractivity contribution >= 4 is 22.1 Å². The van der Waals surface area contributed by atoms with Crippen molar-refractivity contribution in [2.75, 3.05) is 13.2 Å². The summed E-state index contributed by atoms with van der Waals surface area (Å²) >= 11 is 0. The van der Waals surface area contributed by atoms with E-state index >= 15 is 0 Å². The van der Waals surface area contributed by atoms with Gasteiger partial charge in [-0.1, -0.05) is 0 Å². The van der Waals surface area contributed by atoms with Crippen molar-refractivity contribution in [1.29, 1.82) is 0 Å². The molecule has 6 bridgehead atoms. The fourth-order valence-electron chi connectivity index (χ4n) is 8.08. The van der Waals surface area contributed by atoms with Crippen LogP contribution in [-0.4, -0.2) is 43.4 Å². The zero-order valence-corrected chi connectivity index (χ0v) is 18.7. The van der Waals surface area contributed by atoms with E-state index in [-0.39, 0.29) is 17.3 Å². The third-order valence-corrected chi connectivity index (χ3v) is 9.78. The van der Waals surface area contributed by atoms with Gasteiger partial charge in [0.25, 0.3) is 0 Å². The zero-order chi connectivity index (χ0) is 22.9. The maximum Gasteiger partial charge on any atom is 0.402 e. The smallest absolute Gasteiger partial charge is 0.402 e. The summed E-state index contributed by atoms with van der Waals surface area (Å²) in [6.45, 7) is -1.42. The molecule has 0 heterocycles. The second-order valence-electron chi connectivity index (χ2n) is 11.1. The van der Waals surface area contributed by atoms with Gasteiger partial charge in [0.05, 0.1) is 18.4 Å². The van der Waals surface area contributed by atoms with Crippen LogP contribution in [0.1, 0.15) is 57.8 Å². The molecule has 0 aromatic rings. The molecular formula is C22H30F2O7S. The largest absolute Gasteiger partial charge is 0.465 e. The minimum Gasteiger partial charge on any atom is -0.465 e. The Kier molecular flexibility index (Phi) is 5.35. The van der Waals surface area contributed by atoms with E-state index < -0.39 is 45.8 Å². The zero-order valence-electron chi connectivity index (χ0n) is 17.9. The Labute approximate surface area is 186 Å². The molecule has 0 amide bonds. The molecule has 6 aliphatic rings. The van der Waals surface area contributed by atoms with Gasteiger partial charge in [-0.15, -0.1) is 0 Å². The first kappa shape index (κ1) is 22.5. The molecule has 6 rings (SSSR count). The van der Waals surface area contributed by atoms with E-state index in [0.29, 0.717) is 19.4 Å². The molecule has 6 aliphatic carbocycles. The number of fused-ring (bicyclic) bond motifs is 2. The van der Waals surface area contributed by atoms with Gasteiger partial charge in [0.1, 0.15) is 0 Å². The van der Waals surface area contributed by atoms with Crippen molar-refractivity contribution in [3.63, 3.8) is 0 Å². The third kappa shape index (κ3) is 3.85. The SMILES string of the molecule is O=C(OCC12CC3CC(CC(C3)C1)C2)C1C2CCC(C2)C1C(=O)OCC(F)(F)S(=O)(=O)O. The van der Waals surface area contributed by atoms with Crippen molar-refractivity contribution in [3.05, 3.63) is 0 Å². The highest BCUT2D eigenvalue weighted by Crippen LogP contribution is 2.60. The Morgan fingerprint density at radius 2 is 1.34 bits per heavy atom. The molecule has 0 radical (unpaired) electrons. The van der Waals surface area contributed by atoms with Crippen LogP contribution in [0.25, 0.3) is 0 Å². The number of ether oxygens (including phenoxy) is 2. The van der Waals surface area contributed by atoms with E-state index in [1.165, 1.54) is 19.3 Å². The highest BCUT2D eigenvalue weighted by atomic mass is 32.2. The Morgan fingerprint density at radius 1 is 0.875 bits per heavy atom. The maximum atomic E-state index is 13.5. The molecule has 32 heavy (non-hydrogen) atoms. The van der Waals surface area contributed by atoms with Crippen LogP contribution in [0.4, 0.5) is 8.78 Å². The fraction of sp³-hybridized carbons (Fsp3) is 0.909. The first-order chi connectivity index (χ1) is 15.0. The fourth-order valence-corrected chi connectivity index (χ4v) is 8.29. The van der Waals surface area contributed by atoms with E-state index in [4.69, 9.17) is 9.29 Å². The molecule has 180 valence electrons. The highest BCUT2D eigenvalue weighted by Gasteiger charge is 2.57. The van der Waals surface area contributed by atoms with Crippen molar-refractivity contribution in [2.24, 2.45) is 46.8 Å². The summed E-state index contributed by atoms with van der Waals surface area (Å²) < 4.78 is 67.6. The van der Waals surface area contributed by atoms with Crippen LogP contribution < -0.4 is 0 Å². The maximum absolute atomic E-state index is 13.5. The van der Waals surface area contributed by atoms with Crippen molar-refractivity contribution in [1.82, 2.24) is 0 Å². The molecule has 10 heteroatoms. The second kappa shape index (κ2) is 7.61. The second-order valence-corrected chi connectivity index (χ2v) is 12.7. The summed E-state index contributed by atoms with van der Waals surface area (Å²) in [5.41, 5.74) is 0.0373. The average Bonchev–Trinajstić information content (AvgIpc) is 3.30. The minimum atomic E-state index is -5.69. The molecular weight excluding hydrogens is 446 g/mol. The first-order valence-corrected chi connectivity index (χ1v) is 13.1. The number of carbonyl (C=O) groups is 2. The van der Waals surface area contributed by atoms with Gasteiger partial charge in [0.15, 0.2) is 6.61 Å². The van der Waals surface area contributed by atoms with Crippen LogP contribution in [0.2, 0.25) is 0 Å². The van der Waals surface area contributed by atoms with Crippen LogP contribution in [-0.2, 0) is 29.2 Å². The number of halogens is 2. The van der Waals surface area contributed by atoms with Gasteiger partial charge in [-0.3, -0.25) is 14.1 Å². The predicted octanol–water partition coefficient (Wildman–Crippen LogP) is 3.43. The number of hydrogen-bond acceptors (Lipinski definition) is 6. The predicted molar refractivity (Wildman–Crippen MR) is 107 cm³/mol. The van der Waals surface area contributed by atoms with Crippen molar-refractivity contribution in [3.8, 4) is 0 Å². The number of carbonyl (C=O) groups excluding carboxylic acids is 2. The van der Waals surface area contributed by atoms with E-state index in [2.05, 4.69) is 4.74 Å². The van der Waals surface area contributed by atoms with Crippen LogP contribution in [0.15, 0.2) is 0 Å². The lowest BCUT2D eigenvalue weighted by molar-refractivity contribution is -0.172. The molecule has 6 fully saturated rings. The Hall–Kier alpha value is -1.29. The lowest BCUT2D eigenvalue weighted by Crippen LogP contribution is -2.49. The average molecular weight is 477 g/mol. The van der Waals surface area contributed by atoms with Crippen LogP contribution in [0.5, 0.6) is 0 Å². The molecule has 1 N–H and O–H groups in total. The lowest BCUT2D eigenvalue weighted by atomic mass is 9.50. The van der Waals surface area contributed by atoms with Crippen molar-refractivity contribution < 1.29 is 40.8 Å². The highest BCUT2D eigenvalue weighted by molar-refractivity contribution is 7.86. The monoisotopic (exact) mass is 476 g/mol. The molecule has 4 unspecified atom stereocenters. The summed E-state index contributed by atoms with van der Waals surface area (Å²) in [4.78, 5) is 25.7. The van der Waals surface area contributed by atoms with Gasteiger partial charge in [-0.25, -0.2) is 0 Å². The summed E-state index contributed by atoms with van der Waals surface area (Å²) in [5.74, 6) is -1.19. The van der Waals surface area contributed by atoms with Gasteiger partial charge in [-0.2, -0.15) is 17.2 Å². The number of esters is 2. The molecule has 0 aliphatic heterocycles. The van der Waals surface area contributed by atoms with E-state index in [9.17, 15) is 26.8 Å². The molecule has 4 atom stereocenters. The normalized spacial score (nSPS) is 42.3. The third-order valence-electron chi connectivity index (χ3n) is 8.91. The van der Waals surface area contributed by atoms with Gasteiger partial charge in [0.2, 0.25) is 0 Å². The number of rotatable bonds is 7. The molecule has 0 saturated heterocycles. The van der Waals surface area contributed by atoms with Gasteiger partial charge < -0.3 is 9.47 Å². The van der Waals surface area contributed by atoms with Crippen LogP contribution in [0, 0.1) is 46.8 Å². The summed E-state index contributed by atoms with van der Waals surface area (Å²) in [6, 6.07) is 0. The minimum absolute atomic E-state index is 0.0373.